The predicted octanol–water partition coefficient (Wildman–Crippen LogP) is -0.166. The molecule has 1 fully saturated rings. The topological polar surface area (TPSA) is 69.7 Å². The van der Waals surface area contributed by atoms with Gasteiger partial charge in [-0.25, -0.2) is 4.79 Å². The van der Waals surface area contributed by atoms with E-state index >= 15 is 0 Å². The highest BCUT2D eigenvalue weighted by atomic mass is 32.2. The summed E-state index contributed by atoms with van der Waals surface area (Å²) in [5.74, 6) is -0.880. The molecule has 0 N–H and O–H groups in total. The van der Waals surface area contributed by atoms with E-state index < -0.39 is 22.2 Å². The molecule has 1 unspecified atom stereocenters. The van der Waals surface area contributed by atoms with Gasteiger partial charge in [0.25, 0.3) is 10.1 Å². The van der Waals surface area contributed by atoms with Crippen molar-refractivity contribution in [1.82, 2.24) is 0 Å². The average Bonchev–Trinajstić information content (AvgIpc) is 2.02. The van der Waals surface area contributed by atoms with Crippen LogP contribution in [0.15, 0.2) is 12.7 Å². The second-order valence-electron chi connectivity index (χ2n) is 2.60. The van der Waals surface area contributed by atoms with Crippen LogP contribution in [0, 0.1) is 0 Å². The van der Waals surface area contributed by atoms with Crippen molar-refractivity contribution in [2.24, 2.45) is 0 Å². The van der Waals surface area contributed by atoms with Crippen molar-refractivity contribution < 1.29 is 22.1 Å². The van der Waals surface area contributed by atoms with Gasteiger partial charge in [0.15, 0.2) is 0 Å². The van der Waals surface area contributed by atoms with Gasteiger partial charge in [-0.3, -0.25) is 4.18 Å². The molecule has 74 valence electrons. The van der Waals surface area contributed by atoms with Gasteiger partial charge in [-0.15, -0.1) is 0 Å². The first-order valence-corrected chi connectivity index (χ1v) is 5.31. The zero-order valence-electron chi connectivity index (χ0n) is 6.93. The maximum atomic E-state index is 10.9. The van der Waals surface area contributed by atoms with Crippen molar-refractivity contribution in [2.45, 2.75) is 12.5 Å². The predicted molar refractivity (Wildman–Crippen MR) is 44.4 cm³/mol. The third-order valence-electron chi connectivity index (χ3n) is 1.54. The molecule has 0 aromatic heterocycles. The molecule has 0 aliphatic carbocycles. The Morgan fingerprint density at radius 3 is 2.85 bits per heavy atom. The molecular formula is C7H10O5S. The van der Waals surface area contributed by atoms with Gasteiger partial charge in [-0.1, -0.05) is 6.58 Å². The molecule has 1 heterocycles. The first kappa shape index (κ1) is 10.2. The van der Waals surface area contributed by atoms with E-state index in [0.717, 1.165) is 6.08 Å². The zero-order chi connectivity index (χ0) is 9.90. The number of ether oxygens (including phenoxy) is 1. The van der Waals surface area contributed by atoms with E-state index in [1.54, 1.807) is 0 Å². The summed E-state index contributed by atoms with van der Waals surface area (Å²) in [6.45, 7) is 3.27. The van der Waals surface area contributed by atoms with Crippen LogP contribution in [0.3, 0.4) is 0 Å². The average molecular weight is 206 g/mol. The van der Waals surface area contributed by atoms with Crippen molar-refractivity contribution in [1.29, 1.82) is 0 Å². The van der Waals surface area contributed by atoms with Crippen LogP contribution >= 0.6 is 0 Å². The fourth-order valence-electron chi connectivity index (χ4n) is 0.971. The normalized spacial score (nSPS) is 26.3. The Morgan fingerprint density at radius 1 is 1.62 bits per heavy atom. The molecule has 0 saturated carbocycles. The van der Waals surface area contributed by atoms with Gasteiger partial charge >= 0.3 is 5.97 Å². The Bertz CT molecular complexity index is 305. The SMILES string of the molecule is C=CC(=O)OC1CCOS(=O)(=O)C1. The third-order valence-corrected chi connectivity index (χ3v) is 2.85. The van der Waals surface area contributed by atoms with Crippen LogP contribution in [0.2, 0.25) is 0 Å². The van der Waals surface area contributed by atoms with Gasteiger partial charge in [0.05, 0.1) is 6.61 Å². The highest BCUT2D eigenvalue weighted by Gasteiger charge is 2.27. The summed E-state index contributed by atoms with van der Waals surface area (Å²) in [6, 6.07) is 0. The van der Waals surface area contributed by atoms with E-state index in [1.807, 2.05) is 0 Å². The van der Waals surface area contributed by atoms with Crippen molar-refractivity contribution in [3.05, 3.63) is 12.7 Å². The highest BCUT2D eigenvalue weighted by Crippen LogP contribution is 2.12. The lowest BCUT2D eigenvalue weighted by Gasteiger charge is -2.21. The lowest BCUT2D eigenvalue weighted by Crippen LogP contribution is -2.33. The number of carbonyl (C=O) groups is 1. The molecule has 0 aromatic carbocycles. The van der Waals surface area contributed by atoms with Crippen LogP contribution in [0.25, 0.3) is 0 Å². The second-order valence-corrected chi connectivity index (χ2v) is 4.28. The summed E-state index contributed by atoms with van der Waals surface area (Å²) in [6.07, 6.45) is 0.796. The third kappa shape index (κ3) is 3.16. The lowest BCUT2D eigenvalue weighted by molar-refractivity contribution is -0.142. The fraction of sp³-hybridized carbons (Fsp3) is 0.571. The van der Waals surface area contributed by atoms with Gasteiger partial charge < -0.3 is 4.74 Å². The number of hydrogen-bond donors (Lipinski definition) is 0. The zero-order valence-corrected chi connectivity index (χ0v) is 7.75. The van der Waals surface area contributed by atoms with Crippen LogP contribution in [0.4, 0.5) is 0 Å². The molecule has 6 heteroatoms. The first-order chi connectivity index (χ1) is 6.03. The van der Waals surface area contributed by atoms with Gasteiger partial charge in [0.2, 0.25) is 0 Å². The van der Waals surface area contributed by atoms with E-state index in [0.29, 0.717) is 6.42 Å². The monoisotopic (exact) mass is 206 g/mol. The van der Waals surface area contributed by atoms with Crippen molar-refractivity contribution in [3.63, 3.8) is 0 Å². The minimum Gasteiger partial charge on any atom is -0.458 e. The van der Waals surface area contributed by atoms with Gasteiger partial charge in [0.1, 0.15) is 11.9 Å². The molecule has 0 radical (unpaired) electrons. The van der Waals surface area contributed by atoms with Crippen LogP contribution in [0.5, 0.6) is 0 Å². The van der Waals surface area contributed by atoms with Gasteiger partial charge in [-0.2, -0.15) is 8.42 Å². The summed E-state index contributed by atoms with van der Waals surface area (Å²) in [5.41, 5.74) is 0. The van der Waals surface area contributed by atoms with E-state index in [-0.39, 0.29) is 12.4 Å². The van der Waals surface area contributed by atoms with Crippen molar-refractivity contribution >= 4 is 16.1 Å². The minimum atomic E-state index is -3.50. The molecule has 0 spiro atoms. The molecule has 0 bridgehead atoms. The molecular weight excluding hydrogens is 196 g/mol. The Hall–Kier alpha value is -0.880. The molecule has 1 atom stereocenters. The highest BCUT2D eigenvalue weighted by molar-refractivity contribution is 7.86. The minimum absolute atomic E-state index is 0.0669. The molecule has 1 aliphatic heterocycles. The molecule has 1 saturated heterocycles. The first-order valence-electron chi connectivity index (χ1n) is 3.73. The van der Waals surface area contributed by atoms with E-state index in [1.165, 1.54) is 0 Å². The molecule has 0 aromatic rings. The number of esters is 1. The van der Waals surface area contributed by atoms with Crippen molar-refractivity contribution in [2.75, 3.05) is 12.4 Å². The standard InChI is InChI=1S/C7H10O5S/c1-2-7(8)12-6-3-4-11-13(9,10)5-6/h2,6H,1,3-5H2. The van der Waals surface area contributed by atoms with E-state index in [2.05, 4.69) is 10.8 Å². The quantitative estimate of drug-likeness (QED) is 0.356. The lowest BCUT2D eigenvalue weighted by atomic mass is 10.3. The number of hydrogen-bond acceptors (Lipinski definition) is 5. The summed E-state index contributed by atoms with van der Waals surface area (Å²) >= 11 is 0. The van der Waals surface area contributed by atoms with Crippen LogP contribution in [-0.2, 0) is 23.8 Å². The summed E-state index contributed by atoms with van der Waals surface area (Å²) in [4.78, 5) is 10.7. The van der Waals surface area contributed by atoms with E-state index in [4.69, 9.17) is 4.74 Å². The smallest absolute Gasteiger partial charge is 0.330 e. The maximum absolute atomic E-state index is 10.9. The maximum Gasteiger partial charge on any atom is 0.330 e. The summed E-state index contributed by atoms with van der Waals surface area (Å²) in [7, 11) is -3.50. The second kappa shape index (κ2) is 3.89. The molecule has 5 nitrogen and oxygen atoms in total. The van der Waals surface area contributed by atoms with Crippen LogP contribution in [-0.4, -0.2) is 32.9 Å². The molecule has 1 rings (SSSR count). The Morgan fingerprint density at radius 2 is 2.31 bits per heavy atom. The summed E-state index contributed by atoms with van der Waals surface area (Å²) in [5, 5.41) is 0. The molecule has 13 heavy (non-hydrogen) atoms. The number of rotatable bonds is 2. The fourth-order valence-corrected chi connectivity index (χ4v) is 2.11. The largest absolute Gasteiger partial charge is 0.458 e. The Kier molecular flexibility index (Phi) is 3.05. The Balaban J connectivity index is 2.53. The van der Waals surface area contributed by atoms with Crippen molar-refractivity contribution in [3.8, 4) is 0 Å². The summed E-state index contributed by atoms with van der Waals surface area (Å²) < 4.78 is 31.0. The molecule has 1 aliphatic rings. The number of carbonyl (C=O) groups excluding carboxylic acids is 1. The molecule has 0 amide bonds. The van der Waals surface area contributed by atoms with Crippen LogP contribution in [0.1, 0.15) is 6.42 Å². The Labute approximate surface area is 76.5 Å². The van der Waals surface area contributed by atoms with Crippen LogP contribution < -0.4 is 0 Å². The van der Waals surface area contributed by atoms with Gasteiger partial charge in [0, 0.05) is 12.5 Å². The van der Waals surface area contributed by atoms with Gasteiger partial charge in [-0.05, 0) is 0 Å². The van der Waals surface area contributed by atoms with E-state index in [9.17, 15) is 13.2 Å².